The van der Waals surface area contributed by atoms with Crippen LogP contribution in [0.25, 0.3) is 0 Å². The molecule has 2 rings (SSSR count). The number of aliphatic imine (C=N–C) groups is 1. The number of guanidine groups is 1. The molecule has 2 saturated heterocycles. The summed E-state index contributed by atoms with van der Waals surface area (Å²) in [6, 6.07) is 0. The Morgan fingerprint density at radius 3 is 2.76 bits per heavy atom. The maximum atomic E-state index is 12.0. The number of nitrogens with zero attached hydrogens (tertiary/aromatic N) is 2. The van der Waals surface area contributed by atoms with Crippen molar-refractivity contribution in [2.24, 2.45) is 4.99 Å². The summed E-state index contributed by atoms with van der Waals surface area (Å²) in [5.41, 5.74) is 0. The molecule has 1 unspecified atom stereocenters. The fourth-order valence-corrected chi connectivity index (χ4v) is 2.78. The summed E-state index contributed by atoms with van der Waals surface area (Å²) in [5, 5.41) is 6.46. The molecule has 1 atom stereocenters. The van der Waals surface area contributed by atoms with Crippen LogP contribution in [-0.2, 0) is 9.53 Å². The van der Waals surface area contributed by atoms with Crippen LogP contribution in [0.1, 0.15) is 39.0 Å². The molecule has 1 amide bonds. The number of amides is 1. The summed E-state index contributed by atoms with van der Waals surface area (Å²) in [7, 11) is 0. The van der Waals surface area contributed by atoms with Crippen LogP contribution in [0.4, 0.5) is 0 Å². The van der Waals surface area contributed by atoms with E-state index >= 15 is 0 Å². The lowest BCUT2D eigenvalue weighted by atomic mass is 10.2. The van der Waals surface area contributed by atoms with Gasteiger partial charge in [0.2, 0.25) is 5.91 Å². The van der Waals surface area contributed by atoms with Crippen LogP contribution in [0.5, 0.6) is 0 Å². The molecule has 0 aromatic heterocycles. The zero-order valence-corrected chi connectivity index (χ0v) is 13.1. The first-order valence-electron chi connectivity index (χ1n) is 8.21. The molecule has 0 saturated carbocycles. The Morgan fingerprint density at radius 1 is 1.29 bits per heavy atom. The maximum absolute atomic E-state index is 12.0. The second-order valence-corrected chi connectivity index (χ2v) is 5.63. The van der Waals surface area contributed by atoms with Crippen LogP contribution >= 0.6 is 0 Å². The van der Waals surface area contributed by atoms with Crippen LogP contribution in [-0.4, -0.2) is 62.2 Å². The average Bonchev–Trinajstić information content (AvgIpc) is 3.17. The van der Waals surface area contributed by atoms with Gasteiger partial charge in [-0.3, -0.25) is 4.79 Å². The summed E-state index contributed by atoms with van der Waals surface area (Å²) in [6.07, 6.45) is 5.94. The van der Waals surface area contributed by atoms with Gasteiger partial charge in [0, 0.05) is 32.8 Å². The van der Waals surface area contributed by atoms with Gasteiger partial charge in [-0.05, 0) is 39.0 Å². The fourth-order valence-electron chi connectivity index (χ4n) is 2.78. The number of carbonyl (C=O) groups is 1. The summed E-state index contributed by atoms with van der Waals surface area (Å²) in [5.74, 6) is 0.854. The zero-order valence-electron chi connectivity index (χ0n) is 13.1. The smallest absolute Gasteiger partial charge is 0.244 e. The monoisotopic (exact) mass is 296 g/mol. The predicted molar refractivity (Wildman–Crippen MR) is 83.4 cm³/mol. The number of hydrogen-bond donors (Lipinski definition) is 2. The van der Waals surface area contributed by atoms with E-state index in [9.17, 15) is 4.79 Å². The van der Waals surface area contributed by atoms with Gasteiger partial charge in [0.1, 0.15) is 6.54 Å². The Labute approximate surface area is 127 Å². The Morgan fingerprint density at radius 2 is 2.10 bits per heavy atom. The third kappa shape index (κ3) is 5.53. The highest BCUT2D eigenvalue weighted by Gasteiger charge is 2.17. The predicted octanol–water partition coefficient (Wildman–Crippen LogP) is 0.733. The summed E-state index contributed by atoms with van der Waals surface area (Å²) in [6.45, 7) is 6.55. The standard InChI is InChI=1S/C15H28N4O2/c1-2-16-15(17-8-7-13-6-5-11-21-13)18-12-14(20)19-9-3-4-10-19/h13H,2-12H2,1H3,(H2,16,17,18). The lowest BCUT2D eigenvalue weighted by molar-refractivity contribution is -0.128. The van der Waals surface area contributed by atoms with Crippen LogP contribution in [0, 0.1) is 0 Å². The van der Waals surface area contributed by atoms with Crippen LogP contribution < -0.4 is 10.6 Å². The quantitative estimate of drug-likeness (QED) is 0.560. The molecule has 0 aliphatic carbocycles. The van der Waals surface area contributed by atoms with E-state index in [-0.39, 0.29) is 12.5 Å². The van der Waals surface area contributed by atoms with E-state index in [4.69, 9.17) is 4.74 Å². The van der Waals surface area contributed by atoms with Crippen molar-refractivity contribution >= 4 is 11.9 Å². The first kappa shape index (κ1) is 16.1. The Bertz CT molecular complexity index is 348. The minimum atomic E-state index is 0.129. The highest BCUT2D eigenvalue weighted by Crippen LogP contribution is 2.14. The van der Waals surface area contributed by atoms with Crippen molar-refractivity contribution in [3.63, 3.8) is 0 Å². The maximum Gasteiger partial charge on any atom is 0.244 e. The van der Waals surface area contributed by atoms with Gasteiger partial charge in [-0.2, -0.15) is 0 Å². The molecule has 6 heteroatoms. The molecule has 0 radical (unpaired) electrons. The van der Waals surface area contributed by atoms with Gasteiger partial charge in [0.05, 0.1) is 6.10 Å². The van der Waals surface area contributed by atoms with Gasteiger partial charge in [0.15, 0.2) is 5.96 Å². The molecule has 0 aromatic rings. The Balaban J connectivity index is 1.71. The van der Waals surface area contributed by atoms with E-state index in [1.54, 1.807) is 0 Å². The summed E-state index contributed by atoms with van der Waals surface area (Å²) >= 11 is 0. The zero-order chi connectivity index (χ0) is 14.9. The van der Waals surface area contributed by atoms with E-state index in [1.165, 1.54) is 6.42 Å². The third-order valence-electron chi connectivity index (χ3n) is 3.96. The normalized spacial score (nSPS) is 22.6. The molecule has 2 N–H and O–H groups in total. The molecule has 6 nitrogen and oxygen atoms in total. The molecule has 0 aromatic carbocycles. The van der Waals surface area contributed by atoms with E-state index in [2.05, 4.69) is 15.6 Å². The molecular formula is C15H28N4O2. The van der Waals surface area contributed by atoms with Crippen molar-refractivity contribution in [2.75, 3.05) is 39.3 Å². The number of ether oxygens (including phenoxy) is 1. The Kier molecular flexibility index (Phi) is 6.79. The van der Waals surface area contributed by atoms with E-state index in [0.29, 0.717) is 6.10 Å². The molecule has 2 aliphatic heterocycles. The first-order valence-corrected chi connectivity index (χ1v) is 8.21. The molecule has 21 heavy (non-hydrogen) atoms. The molecule has 0 spiro atoms. The Hall–Kier alpha value is -1.30. The fraction of sp³-hybridized carbons (Fsp3) is 0.867. The minimum Gasteiger partial charge on any atom is -0.378 e. The van der Waals surface area contributed by atoms with Gasteiger partial charge in [-0.1, -0.05) is 0 Å². The van der Waals surface area contributed by atoms with Crippen LogP contribution in [0.15, 0.2) is 4.99 Å². The number of hydrogen-bond acceptors (Lipinski definition) is 3. The first-order chi connectivity index (χ1) is 10.3. The number of nitrogens with one attached hydrogen (secondary N) is 2. The van der Waals surface area contributed by atoms with Gasteiger partial charge in [-0.25, -0.2) is 4.99 Å². The number of rotatable bonds is 6. The van der Waals surface area contributed by atoms with Crippen LogP contribution in [0.2, 0.25) is 0 Å². The molecule has 120 valence electrons. The van der Waals surface area contributed by atoms with E-state index < -0.39 is 0 Å². The van der Waals surface area contributed by atoms with Crippen molar-refractivity contribution in [3.8, 4) is 0 Å². The molecule has 2 fully saturated rings. The lowest BCUT2D eigenvalue weighted by Gasteiger charge is -2.16. The molecule has 2 aliphatic rings. The van der Waals surface area contributed by atoms with Gasteiger partial charge >= 0.3 is 0 Å². The van der Waals surface area contributed by atoms with Gasteiger partial charge < -0.3 is 20.3 Å². The second-order valence-electron chi connectivity index (χ2n) is 5.63. The summed E-state index contributed by atoms with van der Waals surface area (Å²) < 4.78 is 5.60. The minimum absolute atomic E-state index is 0.129. The highest BCUT2D eigenvalue weighted by atomic mass is 16.5. The highest BCUT2D eigenvalue weighted by molar-refractivity contribution is 5.85. The average molecular weight is 296 g/mol. The van der Waals surface area contributed by atoms with Crippen molar-refractivity contribution in [1.82, 2.24) is 15.5 Å². The van der Waals surface area contributed by atoms with E-state index in [1.807, 2.05) is 11.8 Å². The number of carbonyl (C=O) groups excluding carboxylic acids is 1. The van der Waals surface area contributed by atoms with Crippen molar-refractivity contribution < 1.29 is 9.53 Å². The van der Waals surface area contributed by atoms with Gasteiger partial charge in [-0.15, -0.1) is 0 Å². The molecule has 0 bridgehead atoms. The van der Waals surface area contributed by atoms with Crippen molar-refractivity contribution in [3.05, 3.63) is 0 Å². The van der Waals surface area contributed by atoms with Crippen LogP contribution in [0.3, 0.4) is 0 Å². The second kappa shape index (κ2) is 8.87. The third-order valence-corrected chi connectivity index (χ3v) is 3.96. The molecule has 2 heterocycles. The van der Waals surface area contributed by atoms with Crippen molar-refractivity contribution in [1.29, 1.82) is 0 Å². The SMILES string of the molecule is CCNC(=NCC(=O)N1CCCC1)NCCC1CCCO1. The number of likely N-dealkylation sites (tertiary alicyclic amines) is 1. The largest absolute Gasteiger partial charge is 0.378 e. The van der Waals surface area contributed by atoms with Crippen molar-refractivity contribution in [2.45, 2.75) is 45.1 Å². The van der Waals surface area contributed by atoms with E-state index in [0.717, 1.165) is 64.4 Å². The lowest BCUT2D eigenvalue weighted by Crippen LogP contribution is -2.40. The van der Waals surface area contributed by atoms with Gasteiger partial charge in [0.25, 0.3) is 0 Å². The summed E-state index contributed by atoms with van der Waals surface area (Å²) in [4.78, 5) is 18.3. The molecular weight excluding hydrogens is 268 g/mol. The topological polar surface area (TPSA) is 66.0 Å².